The van der Waals surface area contributed by atoms with Crippen LogP contribution >= 0.6 is 31.9 Å². The van der Waals surface area contributed by atoms with E-state index in [0.717, 1.165) is 4.47 Å². The van der Waals surface area contributed by atoms with Crippen LogP contribution in [0, 0.1) is 5.82 Å². The van der Waals surface area contributed by atoms with Crippen molar-refractivity contribution < 1.29 is 14.3 Å². The van der Waals surface area contributed by atoms with Gasteiger partial charge in [-0.3, -0.25) is 4.79 Å². The molecule has 20 heavy (non-hydrogen) atoms. The first-order chi connectivity index (χ1) is 9.47. The first-order valence-electron chi connectivity index (χ1n) is 5.89. The molecule has 0 spiro atoms. The molecule has 0 radical (unpaired) electrons. The van der Waals surface area contributed by atoms with Gasteiger partial charge in [0.25, 0.3) is 0 Å². The van der Waals surface area contributed by atoms with Gasteiger partial charge in [-0.05, 0) is 41.8 Å². The normalized spacial score (nSPS) is 12.2. The molecule has 2 aromatic rings. The van der Waals surface area contributed by atoms with Gasteiger partial charge in [-0.25, -0.2) is 4.39 Å². The van der Waals surface area contributed by atoms with Gasteiger partial charge in [0.15, 0.2) is 0 Å². The highest BCUT2D eigenvalue weighted by Gasteiger charge is 2.22. The van der Waals surface area contributed by atoms with E-state index in [1.165, 1.54) is 6.07 Å². The Morgan fingerprint density at radius 1 is 1.15 bits per heavy atom. The van der Waals surface area contributed by atoms with Gasteiger partial charge in [0, 0.05) is 8.95 Å². The molecule has 5 heteroatoms. The van der Waals surface area contributed by atoms with Gasteiger partial charge in [0.1, 0.15) is 5.82 Å². The summed E-state index contributed by atoms with van der Waals surface area (Å²) in [5.74, 6) is -2.14. The molecular weight excluding hydrogens is 391 g/mol. The number of aliphatic carboxylic acids is 1. The van der Waals surface area contributed by atoms with E-state index in [1.54, 1.807) is 30.3 Å². The summed E-state index contributed by atoms with van der Waals surface area (Å²) in [4.78, 5) is 11.4. The van der Waals surface area contributed by atoms with Crippen molar-refractivity contribution in [3.8, 4) is 0 Å². The molecule has 0 saturated heterocycles. The van der Waals surface area contributed by atoms with E-state index in [9.17, 15) is 14.3 Å². The molecule has 0 fully saturated rings. The molecule has 0 heterocycles. The number of halogens is 3. The molecule has 0 saturated carbocycles. The van der Waals surface area contributed by atoms with Crippen LogP contribution in [0.25, 0.3) is 0 Å². The smallest absolute Gasteiger partial charge is 0.311 e. The van der Waals surface area contributed by atoms with Crippen LogP contribution in [-0.4, -0.2) is 11.1 Å². The first kappa shape index (κ1) is 15.2. The Hall–Kier alpha value is -1.20. The molecule has 1 atom stereocenters. The Bertz CT molecular complexity index is 644. The zero-order valence-electron chi connectivity index (χ0n) is 10.3. The lowest BCUT2D eigenvalue weighted by molar-refractivity contribution is -0.138. The lowest BCUT2D eigenvalue weighted by Gasteiger charge is -2.14. The number of rotatable bonds is 4. The van der Waals surface area contributed by atoms with Crippen LogP contribution in [0.15, 0.2) is 51.4 Å². The third kappa shape index (κ3) is 3.67. The maximum Gasteiger partial charge on any atom is 0.311 e. The van der Waals surface area contributed by atoms with E-state index >= 15 is 0 Å². The maximum atomic E-state index is 13.8. The van der Waals surface area contributed by atoms with Gasteiger partial charge >= 0.3 is 5.97 Å². The highest BCUT2D eigenvalue weighted by atomic mass is 79.9. The average Bonchev–Trinajstić information content (AvgIpc) is 2.37. The highest BCUT2D eigenvalue weighted by Crippen LogP contribution is 2.26. The molecule has 2 nitrogen and oxygen atoms in total. The molecule has 0 aliphatic rings. The number of carboxylic acids is 1. The average molecular weight is 402 g/mol. The molecule has 1 unspecified atom stereocenters. The van der Waals surface area contributed by atoms with Crippen molar-refractivity contribution in [3.63, 3.8) is 0 Å². The first-order valence-corrected chi connectivity index (χ1v) is 7.48. The minimum absolute atomic E-state index is 0.116. The van der Waals surface area contributed by atoms with Crippen LogP contribution in [-0.2, 0) is 11.2 Å². The van der Waals surface area contributed by atoms with Crippen LogP contribution < -0.4 is 0 Å². The van der Waals surface area contributed by atoms with Crippen molar-refractivity contribution in [2.75, 3.05) is 0 Å². The Balaban J connectivity index is 2.33. The predicted molar refractivity (Wildman–Crippen MR) is 82.3 cm³/mol. The molecule has 0 aromatic heterocycles. The number of hydrogen-bond donors (Lipinski definition) is 1. The van der Waals surface area contributed by atoms with E-state index in [-0.39, 0.29) is 6.42 Å². The molecule has 0 aliphatic carbocycles. The zero-order valence-corrected chi connectivity index (χ0v) is 13.5. The van der Waals surface area contributed by atoms with Crippen molar-refractivity contribution in [1.29, 1.82) is 0 Å². The number of carboxylic acid groups (broad SMARTS) is 1. The summed E-state index contributed by atoms with van der Waals surface area (Å²) in [5.41, 5.74) is 1.04. The quantitative estimate of drug-likeness (QED) is 0.801. The second-order valence-electron chi connectivity index (χ2n) is 4.39. The molecule has 2 rings (SSSR count). The van der Waals surface area contributed by atoms with Crippen LogP contribution in [0.3, 0.4) is 0 Å². The number of carbonyl (C=O) groups is 1. The Labute approximate surface area is 132 Å². The molecule has 1 N–H and O–H groups in total. The summed E-state index contributed by atoms with van der Waals surface area (Å²) in [7, 11) is 0. The second kappa shape index (κ2) is 6.50. The molecule has 0 bridgehead atoms. The maximum absolute atomic E-state index is 13.8. The predicted octanol–water partition coefficient (Wildman–Crippen LogP) is 4.76. The van der Waals surface area contributed by atoms with E-state index < -0.39 is 17.7 Å². The fourth-order valence-electron chi connectivity index (χ4n) is 1.98. The topological polar surface area (TPSA) is 37.3 Å². The summed E-state index contributed by atoms with van der Waals surface area (Å²) in [6.45, 7) is 0. The van der Waals surface area contributed by atoms with Crippen LogP contribution in [0.4, 0.5) is 4.39 Å². The van der Waals surface area contributed by atoms with E-state index in [2.05, 4.69) is 31.9 Å². The third-order valence-corrected chi connectivity index (χ3v) is 3.97. The number of benzene rings is 2. The van der Waals surface area contributed by atoms with Crippen molar-refractivity contribution in [2.24, 2.45) is 0 Å². The van der Waals surface area contributed by atoms with Gasteiger partial charge in [0.2, 0.25) is 0 Å². The third-order valence-electron chi connectivity index (χ3n) is 2.99. The highest BCUT2D eigenvalue weighted by molar-refractivity contribution is 9.10. The second-order valence-corrected chi connectivity index (χ2v) is 6.22. The summed E-state index contributed by atoms with van der Waals surface area (Å²) in [6, 6.07) is 11.7. The van der Waals surface area contributed by atoms with Gasteiger partial charge in [0.05, 0.1) is 5.92 Å². The van der Waals surface area contributed by atoms with Crippen molar-refractivity contribution in [1.82, 2.24) is 0 Å². The van der Waals surface area contributed by atoms with Gasteiger partial charge < -0.3 is 5.11 Å². The summed E-state index contributed by atoms with van der Waals surface area (Å²) in [6.07, 6.45) is 0.116. The van der Waals surface area contributed by atoms with E-state index in [1.807, 2.05) is 6.07 Å². The van der Waals surface area contributed by atoms with E-state index in [0.29, 0.717) is 15.6 Å². The van der Waals surface area contributed by atoms with Crippen molar-refractivity contribution in [3.05, 3.63) is 68.4 Å². The van der Waals surface area contributed by atoms with Crippen LogP contribution in [0.5, 0.6) is 0 Å². The standard InChI is InChI=1S/C15H11Br2FO2/c16-11-3-1-2-9(6-11)13(15(19)20)7-10-4-5-12(17)8-14(10)18/h1-6,8,13H,7H2,(H,19,20). The monoisotopic (exact) mass is 400 g/mol. The van der Waals surface area contributed by atoms with E-state index in [4.69, 9.17) is 0 Å². The Morgan fingerprint density at radius 2 is 1.85 bits per heavy atom. The Kier molecular flexibility index (Phi) is 4.94. The number of hydrogen-bond acceptors (Lipinski definition) is 1. The Morgan fingerprint density at radius 3 is 2.45 bits per heavy atom. The zero-order chi connectivity index (χ0) is 14.7. The van der Waals surface area contributed by atoms with Crippen LogP contribution in [0.2, 0.25) is 0 Å². The summed E-state index contributed by atoms with van der Waals surface area (Å²) >= 11 is 6.50. The fourth-order valence-corrected chi connectivity index (χ4v) is 2.73. The largest absolute Gasteiger partial charge is 0.481 e. The summed E-state index contributed by atoms with van der Waals surface area (Å²) in [5, 5.41) is 9.38. The fraction of sp³-hybridized carbons (Fsp3) is 0.133. The minimum Gasteiger partial charge on any atom is -0.481 e. The molecular formula is C15H11Br2FO2. The molecule has 104 valence electrons. The SMILES string of the molecule is O=C(O)C(Cc1ccc(Br)cc1F)c1cccc(Br)c1. The molecule has 0 aliphatic heterocycles. The van der Waals surface area contributed by atoms with Crippen molar-refractivity contribution in [2.45, 2.75) is 12.3 Å². The minimum atomic E-state index is -0.967. The summed E-state index contributed by atoms with van der Waals surface area (Å²) < 4.78 is 15.3. The van der Waals surface area contributed by atoms with Crippen LogP contribution in [0.1, 0.15) is 17.0 Å². The molecule has 0 amide bonds. The van der Waals surface area contributed by atoms with Gasteiger partial charge in [-0.1, -0.05) is 50.1 Å². The lowest BCUT2D eigenvalue weighted by atomic mass is 9.92. The molecule has 2 aromatic carbocycles. The lowest BCUT2D eigenvalue weighted by Crippen LogP contribution is -2.15. The van der Waals surface area contributed by atoms with Crippen molar-refractivity contribution >= 4 is 37.8 Å². The van der Waals surface area contributed by atoms with Gasteiger partial charge in [-0.2, -0.15) is 0 Å². The van der Waals surface area contributed by atoms with Gasteiger partial charge in [-0.15, -0.1) is 0 Å².